The minimum atomic E-state index is -0.0356. The summed E-state index contributed by atoms with van der Waals surface area (Å²) >= 11 is 0. The number of benzene rings is 2. The van der Waals surface area contributed by atoms with Crippen LogP contribution in [0.25, 0.3) is 11.1 Å². The van der Waals surface area contributed by atoms with Crippen LogP contribution >= 0.6 is 0 Å². The summed E-state index contributed by atoms with van der Waals surface area (Å²) in [5, 5.41) is 2.87. The molecule has 3 aromatic rings. The van der Waals surface area contributed by atoms with Gasteiger partial charge in [-0.3, -0.25) is 4.79 Å². The first-order chi connectivity index (χ1) is 12.6. The van der Waals surface area contributed by atoms with Gasteiger partial charge in [-0.05, 0) is 36.8 Å². The molecule has 1 aliphatic heterocycles. The molecule has 6 heteroatoms. The van der Waals surface area contributed by atoms with Crippen molar-refractivity contribution in [2.24, 2.45) is 0 Å². The van der Waals surface area contributed by atoms with Gasteiger partial charge in [-0.1, -0.05) is 24.3 Å². The van der Waals surface area contributed by atoms with Gasteiger partial charge in [0.25, 0.3) is 6.01 Å². The van der Waals surface area contributed by atoms with Gasteiger partial charge in [0.1, 0.15) is 17.4 Å². The van der Waals surface area contributed by atoms with Crippen LogP contribution in [0.4, 0.5) is 6.01 Å². The van der Waals surface area contributed by atoms with Crippen molar-refractivity contribution in [1.82, 2.24) is 10.3 Å². The molecule has 0 saturated carbocycles. The van der Waals surface area contributed by atoms with E-state index in [0.717, 1.165) is 35.5 Å². The highest BCUT2D eigenvalue weighted by molar-refractivity contribution is 5.74. The Morgan fingerprint density at radius 1 is 1.23 bits per heavy atom. The molecule has 1 amide bonds. The zero-order valence-electron chi connectivity index (χ0n) is 14.8. The van der Waals surface area contributed by atoms with Crippen LogP contribution in [0.2, 0.25) is 0 Å². The summed E-state index contributed by atoms with van der Waals surface area (Å²) in [6, 6.07) is 16.2. The van der Waals surface area contributed by atoms with Crippen LogP contribution in [0.15, 0.2) is 52.9 Å². The summed E-state index contributed by atoms with van der Waals surface area (Å²) in [5.74, 6) is 0.789. The predicted octanol–water partition coefficient (Wildman–Crippen LogP) is 3.29. The maximum atomic E-state index is 11.1. The molecule has 1 aliphatic rings. The molecule has 1 aromatic heterocycles. The second-order valence-corrected chi connectivity index (χ2v) is 6.60. The highest BCUT2D eigenvalue weighted by atomic mass is 16.5. The van der Waals surface area contributed by atoms with Gasteiger partial charge >= 0.3 is 0 Å². The molecular weight excluding hydrogens is 330 g/mol. The number of hydrogen-bond donors (Lipinski definition) is 1. The Kier molecular flexibility index (Phi) is 4.24. The van der Waals surface area contributed by atoms with Crippen LogP contribution in [0, 0.1) is 0 Å². The standard InChI is InChI=1S/C20H21N3O3/c1-13(21-14(2)24)15-7-9-16(10-8-15)25-17-11-23(12-17)20-22-18-5-3-4-6-19(18)26-20/h3-10,13,17H,11-12H2,1-2H3,(H,21,24)/t13-/m0/s1. The first-order valence-corrected chi connectivity index (χ1v) is 8.73. The van der Waals surface area contributed by atoms with Gasteiger partial charge in [0, 0.05) is 6.92 Å². The lowest BCUT2D eigenvalue weighted by atomic mass is 10.1. The molecule has 1 N–H and O–H groups in total. The number of hydrogen-bond acceptors (Lipinski definition) is 5. The Labute approximate surface area is 151 Å². The van der Waals surface area contributed by atoms with Crippen molar-refractivity contribution in [3.63, 3.8) is 0 Å². The Morgan fingerprint density at radius 3 is 2.65 bits per heavy atom. The average Bonchev–Trinajstić information content (AvgIpc) is 3.01. The minimum absolute atomic E-state index is 0.0140. The monoisotopic (exact) mass is 351 g/mol. The van der Waals surface area contributed by atoms with Crippen LogP contribution in [0.1, 0.15) is 25.5 Å². The van der Waals surface area contributed by atoms with Crippen molar-refractivity contribution < 1.29 is 13.9 Å². The normalized spacial score (nSPS) is 15.5. The number of anilines is 1. The summed E-state index contributed by atoms with van der Waals surface area (Å²) in [5.41, 5.74) is 2.72. The molecule has 1 atom stereocenters. The fraction of sp³-hybridized carbons (Fsp3) is 0.300. The second-order valence-electron chi connectivity index (χ2n) is 6.60. The molecule has 6 nitrogen and oxygen atoms in total. The van der Waals surface area contributed by atoms with Crippen molar-refractivity contribution in [2.45, 2.75) is 26.0 Å². The van der Waals surface area contributed by atoms with E-state index in [-0.39, 0.29) is 18.1 Å². The Hall–Kier alpha value is -3.02. The molecule has 4 rings (SSSR count). The number of carbonyl (C=O) groups excluding carboxylic acids is 1. The van der Waals surface area contributed by atoms with E-state index in [2.05, 4.69) is 15.2 Å². The zero-order chi connectivity index (χ0) is 18.1. The van der Waals surface area contributed by atoms with Crippen molar-refractivity contribution in [2.75, 3.05) is 18.0 Å². The van der Waals surface area contributed by atoms with Crippen molar-refractivity contribution in [1.29, 1.82) is 0 Å². The number of oxazole rings is 1. The van der Waals surface area contributed by atoms with Crippen molar-refractivity contribution >= 4 is 23.0 Å². The maximum Gasteiger partial charge on any atom is 0.298 e. The van der Waals surface area contributed by atoms with Gasteiger partial charge in [0.15, 0.2) is 5.58 Å². The lowest BCUT2D eigenvalue weighted by molar-refractivity contribution is -0.119. The summed E-state index contributed by atoms with van der Waals surface area (Å²) in [6.07, 6.45) is 0.114. The van der Waals surface area contributed by atoms with Crippen LogP contribution in [0.5, 0.6) is 5.75 Å². The number of aromatic nitrogens is 1. The number of carbonyl (C=O) groups is 1. The number of nitrogens with zero attached hydrogens (tertiary/aromatic N) is 2. The fourth-order valence-electron chi connectivity index (χ4n) is 3.08. The molecular formula is C20H21N3O3. The maximum absolute atomic E-state index is 11.1. The molecule has 134 valence electrons. The smallest absolute Gasteiger partial charge is 0.298 e. The number of rotatable bonds is 5. The quantitative estimate of drug-likeness (QED) is 0.764. The van der Waals surface area contributed by atoms with E-state index in [1.165, 1.54) is 6.92 Å². The van der Waals surface area contributed by atoms with Gasteiger partial charge in [-0.25, -0.2) is 0 Å². The van der Waals surface area contributed by atoms with Gasteiger partial charge in [0.05, 0.1) is 19.1 Å². The first kappa shape index (κ1) is 16.4. The molecule has 1 saturated heterocycles. The van der Waals surface area contributed by atoms with Gasteiger partial charge in [-0.2, -0.15) is 4.98 Å². The highest BCUT2D eigenvalue weighted by Crippen LogP contribution is 2.27. The number of amides is 1. The summed E-state index contributed by atoms with van der Waals surface area (Å²) < 4.78 is 11.8. The van der Waals surface area contributed by atoms with Gasteiger partial charge < -0.3 is 19.4 Å². The molecule has 26 heavy (non-hydrogen) atoms. The number of ether oxygens (including phenoxy) is 1. The lowest BCUT2D eigenvalue weighted by Gasteiger charge is -2.37. The van der Waals surface area contributed by atoms with Gasteiger partial charge in [0.2, 0.25) is 5.91 Å². The van der Waals surface area contributed by atoms with Crippen LogP contribution < -0.4 is 15.0 Å². The molecule has 0 aliphatic carbocycles. The summed E-state index contributed by atoms with van der Waals surface area (Å²) in [4.78, 5) is 17.7. The van der Waals surface area contributed by atoms with Crippen LogP contribution in [0.3, 0.4) is 0 Å². The molecule has 0 radical (unpaired) electrons. The fourth-order valence-corrected chi connectivity index (χ4v) is 3.08. The number of nitrogens with one attached hydrogen (secondary N) is 1. The first-order valence-electron chi connectivity index (χ1n) is 8.73. The van der Waals surface area contributed by atoms with Crippen molar-refractivity contribution in [3.05, 3.63) is 54.1 Å². The molecule has 0 unspecified atom stereocenters. The number of fused-ring (bicyclic) bond motifs is 1. The molecule has 0 bridgehead atoms. The summed E-state index contributed by atoms with van der Waals surface area (Å²) in [6.45, 7) is 4.97. The van der Waals surface area contributed by atoms with Crippen LogP contribution in [-0.4, -0.2) is 30.1 Å². The molecule has 1 fully saturated rings. The molecule has 2 heterocycles. The minimum Gasteiger partial charge on any atom is -0.487 e. The highest BCUT2D eigenvalue weighted by Gasteiger charge is 2.32. The van der Waals surface area contributed by atoms with E-state index >= 15 is 0 Å². The van der Waals surface area contributed by atoms with E-state index in [4.69, 9.17) is 9.15 Å². The van der Waals surface area contributed by atoms with Gasteiger partial charge in [-0.15, -0.1) is 0 Å². The average molecular weight is 351 g/mol. The van der Waals surface area contributed by atoms with E-state index in [1.807, 2.05) is 55.5 Å². The number of para-hydroxylation sites is 2. The van der Waals surface area contributed by atoms with Crippen molar-refractivity contribution in [3.8, 4) is 5.75 Å². The summed E-state index contributed by atoms with van der Waals surface area (Å²) in [7, 11) is 0. The van der Waals surface area contributed by atoms with E-state index in [9.17, 15) is 4.79 Å². The lowest BCUT2D eigenvalue weighted by Crippen LogP contribution is -2.54. The van der Waals surface area contributed by atoms with E-state index in [0.29, 0.717) is 6.01 Å². The molecule has 0 spiro atoms. The van der Waals surface area contributed by atoms with E-state index < -0.39 is 0 Å². The largest absolute Gasteiger partial charge is 0.487 e. The molecule has 2 aromatic carbocycles. The van der Waals surface area contributed by atoms with E-state index in [1.54, 1.807) is 0 Å². The second kappa shape index (κ2) is 6.71. The van der Waals surface area contributed by atoms with Crippen LogP contribution in [-0.2, 0) is 4.79 Å². The third-order valence-corrected chi connectivity index (χ3v) is 4.50. The SMILES string of the molecule is CC(=O)N[C@@H](C)c1ccc(OC2CN(c3nc4ccccc4o3)C2)cc1. The zero-order valence-corrected chi connectivity index (χ0v) is 14.8. The Morgan fingerprint density at radius 2 is 1.96 bits per heavy atom. The third-order valence-electron chi connectivity index (χ3n) is 4.50. The third kappa shape index (κ3) is 3.35. The predicted molar refractivity (Wildman–Crippen MR) is 99.3 cm³/mol. The Bertz CT molecular complexity index is 880. The topological polar surface area (TPSA) is 67.6 Å². The Balaban J connectivity index is 1.33.